The molecule has 0 radical (unpaired) electrons. The lowest BCUT2D eigenvalue weighted by molar-refractivity contribution is -0.116. The van der Waals surface area contributed by atoms with Crippen molar-refractivity contribution in [1.82, 2.24) is 9.13 Å². The highest BCUT2D eigenvalue weighted by Crippen LogP contribution is 2.17. The molecule has 4 aromatic rings. The van der Waals surface area contributed by atoms with Gasteiger partial charge in [0.25, 0.3) is 5.56 Å². The molecule has 2 aromatic carbocycles. The Balaban J connectivity index is 1.59. The minimum Gasteiger partial charge on any atom is -0.497 e. The summed E-state index contributed by atoms with van der Waals surface area (Å²) in [6.45, 7) is 2.59. The van der Waals surface area contributed by atoms with Crippen molar-refractivity contribution < 1.29 is 9.53 Å². The van der Waals surface area contributed by atoms with Crippen molar-refractivity contribution in [2.45, 2.75) is 20.0 Å². The van der Waals surface area contributed by atoms with E-state index in [1.54, 1.807) is 37.6 Å². The smallest absolute Gasteiger partial charge is 0.275 e. The summed E-state index contributed by atoms with van der Waals surface area (Å²) in [4.78, 5) is 25.6. The van der Waals surface area contributed by atoms with E-state index in [1.165, 1.54) is 10.1 Å². The molecule has 0 aliphatic rings. The van der Waals surface area contributed by atoms with E-state index in [2.05, 4.69) is 24.4 Å². The van der Waals surface area contributed by atoms with Gasteiger partial charge in [0.15, 0.2) is 0 Å². The summed E-state index contributed by atoms with van der Waals surface area (Å²) >= 11 is 0. The van der Waals surface area contributed by atoms with Gasteiger partial charge in [-0.25, -0.2) is 0 Å². The predicted molar refractivity (Wildman–Crippen MR) is 118 cm³/mol. The van der Waals surface area contributed by atoms with Gasteiger partial charge in [0.1, 0.15) is 17.8 Å². The number of benzene rings is 2. The molecule has 0 unspecified atom stereocenters. The van der Waals surface area contributed by atoms with E-state index in [0.717, 1.165) is 10.9 Å². The van der Waals surface area contributed by atoms with Gasteiger partial charge >= 0.3 is 0 Å². The topological polar surface area (TPSA) is 65.3 Å². The number of fused-ring (bicyclic) bond motifs is 1. The molecule has 1 amide bonds. The first-order chi connectivity index (χ1) is 14.5. The van der Waals surface area contributed by atoms with Gasteiger partial charge < -0.3 is 19.2 Å². The molecule has 0 fully saturated rings. The van der Waals surface area contributed by atoms with Crippen LogP contribution in [0.5, 0.6) is 5.75 Å². The molecule has 4 rings (SSSR count). The Bertz CT molecular complexity index is 1270. The zero-order valence-corrected chi connectivity index (χ0v) is 17.0. The number of ether oxygens (including phenoxy) is 1. The first-order valence-electron chi connectivity index (χ1n) is 9.72. The van der Waals surface area contributed by atoms with E-state index in [4.69, 9.17) is 4.74 Å². The minimum absolute atomic E-state index is 0.0679. The SMILES string of the molecule is COc1cccc(NC(=O)Cn2ccc3ccn(Cc4ccccc4C)c3c2=O)c1. The summed E-state index contributed by atoms with van der Waals surface area (Å²) < 4.78 is 8.55. The Kier molecular flexibility index (Phi) is 5.39. The molecule has 0 aliphatic carbocycles. The number of carbonyl (C=O) groups excluding carboxylic acids is 1. The Morgan fingerprint density at radius 2 is 1.77 bits per heavy atom. The summed E-state index contributed by atoms with van der Waals surface area (Å²) in [5.41, 5.74) is 3.35. The number of rotatable bonds is 6. The number of hydrogen-bond acceptors (Lipinski definition) is 3. The van der Waals surface area contributed by atoms with Gasteiger partial charge in [0, 0.05) is 36.1 Å². The van der Waals surface area contributed by atoms with Crippen LogP contribution in [0.25, 0.3) is 10.9 Å². The van der Waals surface area contributed by atoms with Crippen LogP contribution in [0.2, 0.25) is 0 Å². The molecule has 0 bridgehead atoms. The summed E-state index contributed by atoms with van der Waals surface area (Å²) in [6, 6.07) is 19.0. The summed E-state index contributed by atoms with van der Waals surface area (Å²) in [7, 11) is 1.57. The van der Waals surface area contributed by atoms with Crippen LogP contribution in [0.1, 0.15) is 11.1 Å². The number of pyridine rings is 1. The van der Waals surface area contributed by atoms with E-state index < -0.39 is 0 Å². The second-order valence-corrected chi connectivity index (χ2v) is 7.20. The number of aryl methyl sites for hydroxylation is 1. The molecule has 0 aliphatic heterocycles. The molecule has 0 atom stereocenters. The summed E-state index contributed by atoms with van der Waals surface area (Å²) in [6.07, 6.45) is 3.58. The van der Waals surface area contributed by atoms with Gasteiger partial charge in [0.05, 0.1) is 7.11 Å². The number of carbonyl (C=O) groups is 1. The summed E-state index contributed by atoms with van der Waals surface area (Å²) in [5.74, 6) is 0.377. The van der Waals surface area contributed by atoms with Crippen LogP contribution >= 0.6 is 0 Å². The van der Waals surface area contributed by atoms with Gasteiger partial charge in [-0.15, -0.1) is 0 Å². The van der Waals surface area contributed by atoms with Gasteiger partial charge in [-0.3, -0.25) is 9.59 Å². The van der Waals surface area contributed by atoms with Gasteiger partial charge in [-0.2, -0.15) is 0 Å². The average molecular weight is 401 g/mol. The van der Waals surface area contributed by atoms with Crippen molar-refractivity contribution >= 4 is 22.5 Å². The number of nitrogens with zero attached hydrogens (tertiary/aromatic N) is 2. The van der Waals surface area contributed by atoms with Crippen molar-refractivity contribution in [3.8, 4) is 5.75 Å². The largest absolute Gasteiger partial charge is 0.497 e. The maximum atomic E-state index is 13.1. The van der Waals surface area contributed by atoms with Crippen LogP contribution in [0.15, 0.2) is 77.9 Å². The van der Waals surface area contributed by atoms with E-state index >= 15 is 0 Å². The minimum atomic E-state index is -0.276. The summed E-state index contributed by atoms with van der Waals surface area (Å²) in [5, 5.41) is 3.67. The van der Waals surface area contributed by atoms with Crippen molar-refractivity contribution in [1.29, 1.82) is 0 Å². The highest BCUT2D eigenvalue weighted by Gasteiger charge is 2.12. The number of methoxy groups -OCH3 is 1. The fourth-order valence-corrected chi connectivity index (χ4v) is 3.53. The first kappa shape index (κ1) is 19.5. The van der Waals surface area contributed by atoms with E-state index in [1.807, 2.05) is 35.0 Å². The Hall–Kier alpha value is -3.80. The molecular weight excluding hydrogens is 378 g/mol. The van der Waals surface area contributed by atoms with E-state index in [9.17, 15) is 9.59 Å². The van der Waals surface area contributed by atoms with Crippen LogP contribution in [-0.2, 0) is 17.9 Å². The lowest BCUT2D eigenvalue weighted by atomic mass is 10.1. The number of aromatic nitrogens is 2. The molecule has 6 heteroatoms. The third-order valence-electron chi connectivity index (χ3n) is 5.16. The third-order valence-corrected chi connectivity index (χ3v) is 5.16. The molecule has 0 spiro atoms. The van der Waals surface area contributed by atoms with Crippen LogP contribution < -0.4 is 15.6 Å². The van der Waals surface area contributed by atoms with Crippen molar-refractivity contribution in [3.63, 3.8) is 0 Å². The molecular formula is C24H23N3O3. The fraction of sp³-hybridized carbons (Fsp3) is 0.167. The zero-order chi connectivity index (χ0) is 21.1. The Labute approximate surface area is 174 Å². The number of nitrogens with one attached hydrogen (secondary N) is 1. The number of anilines is 1. The lowest BCUT2D eigenvalue weighted by Crippen LogP contribution is -2.28. The van der Waals surface area contributed by atoms with Crippen molar-refractivity contribution in [2.24, 2.45) is 0 Å². The fourth-order valence-electron chi connectivity index (χ4n) is 3.53. The number of amides is 1. The first-order valence-corrected chi connectivity index (χ1v) is 9.72. The second-order valence-electron chi connectivity index (χ2n) is 7.20. The standard InChI is InChI=1S/C24H23N3O3/c1-17-6-3-4-7-19(17)15-26-12-10-18-11-13-27(24(29)23(18)26)16-22(28)25-20-8-5-9-21(14-20)30-2/h3-14H,15-16H2,1-2H3,(H,25,28). The van der Waals surface area contributed by atoms with Crippen LogP contribution in [0.4, 0.5) is 5.69 Å². The second kappa shape index (κ2) is 8.29. The maximum Gasteiger partial charge on any atom is 0.275 e. The van der Waals surface area contributed by atoms with Gasteiger partial charge in [-0.05, 0) is 42.3 Å². The van der Waals surface area contributed by atoms with Crippen molar-refractivity contribution in [3.05, 3.63) is 94.5 Å². The number of hydrogen-bond donors (Lipinski definition) is 1. The van der Waals surface area contributed by atoms with Crippen LogP contribution in [-0.4, -0.2) is 22.2 Å². The van der Waals surface area contributed by atoms with E-state index in [0.29, 0.717) is 23.5 Å². The highest BCUT2D eigenvalue weighted by molar-refractivity contribution is 5.91. The monoisotopic (exact) mass is 401 g/mol. The lowest BCUT2D eigenvalue weighted by Gasteiger charge is -2.11. The van der Waals surface area contributed by atoms with Crippen molar-refractivity contribution in [2.75, 3.05) is 12.4 Å². The third kappa shape index (κ3) is 3.98. The zero-order valence-electron chi connectivity index (χ0n) is 17.0. The molecule has 1 N–H and O–H groups in total. The molecule has 0 saturated carbocycles. The molecule has 30 heavy (non-hydrogen) atoms. The van der Waals surface area contributed by atoms with E-state index in [-0.39, 0.29) is 18.0 Å². The molecule has 6 nitrogen and oxygen atoms in total. The predicted octanol–water partition coefficient (Wildman–Crippen LogP) is 3.81. The quantitative estimate of drug-likeness (QED) is 0.534. The van der Waals surface area contributed by atoms with Gasteiger partial charge in [-0.1, -0.05) is 30.3 Å². The molecule has 152 valence electrons. The average Bonchev–Trinajstić information content (AvgIpc) is 3.15. The van der Waals surface area contributed by atoms with Crippen LogP contribution in [0.3, 0.4) is 0 Å². The molecule has 2 heterocycles. The Morgan fingerprint density at radius 3 is 2.53 bits per heavy atom. The Morgan fingerprint density at radius 1 is 1.00 bits per heavy atom. The van der Waals surface area contributed by atoms with Crippen LogP contribution in [0, 0.1) is 6.92 Å². The normalized spacial score (nSPS) is 10.9. The maximum absolute atomic E-state index is 13.1. The van der Waals surface area contributed by atoms with Gasteiger partial charge in [0.2, 0.25) is 5.91 Å². The highest BCUT2D eigenvalue weighted by atomic mass is 16.5. The molecule has 2 aromatic heterocycles. The molecule has 0 saturated heterocycles.